The minimum Gasteiger partial charge on any atom is -0.390 e. The minimum absolute atomic E-state index is 0.0791. The molecule has 1 saturated heterocycles. The lowest BCUT2D eigenvalue weighted by Crippen LogP contribution is -2.45. The smallest absolute Gasteiger partial charge is 0.0791 e. The zero-order valence-electron chi connectivity index (χ0n) is 13.4. The molecule has 2 atom stereocenters. The van der Waals surface area contributed by atoms with Crippen LogP contribution in [0, 0.1) is 0 Å². The van der Waals surface area contributed by atoms with Crippen LogP contribution in [-0.4, -0.2) is 71.9 Å². The first-order valence-electron chi connectivity index (χ1n) is 7.75. The molecule has 0 spiro atoms. The van der Waals surface area contributed by atoms with Gasteiger partial charge in [0.1, 0.15) is 0 Å². The van der Waals surface area contributed by atoms with Crippen molar-refractivity contribution in [3.8, 4) is 0 Å². The Morgan fingerprint density at radius 2 is 1.95 bits per heavy atom. The van der Waals surface area contributed by atoms with E-state index in [2.05, 4.69) is 49.7 Å². The molecule has 4 heteroatoms. The number of aliphatic hydroxyl groups excluding tert-OH is 1. The molecule has 1 aliphatic heterocycles. The Kier molecular flexibility index (Phi) is 6.74. The first-order valence-corrected chi connectivity index (χ1v) is 7.75. The van der Waals surface area contributed by atoms with Gasteiger partial charge in [-0.3, -0.25) is 9.80 Å². The summed E-state index contributed by atoms with van der Waals surface area (Å²) in [5, 5.41) is 13.5. The third kappa shape index (κ3) is 6.21. The number of likely N-dealkylation sites (tertiary alicyclic amines) is 1. The molecule has 0 aliphatic carbocycles. The molecule has 114 valence electrons. The van der Waals surface area contributed by atoms with E-state index in [0.29, 0.717) is 12.6 Å². The Morgan fingerprint density at radius 3 is 2.47 bits per heavy atom. The Hall–Kier alpha value is -0.160. The van der Waals surface area contributed by atoms with Gasteiger partial charge in [0.25, 0.3) is 0 Å². The highest BCUT2D eigenvalue weighted by Gasteiger charge is 2.27. The lowest BCUT2D eigenvalue weighted by molar-refractivity contribution is 0.111. The summed E-state index contributed by atoms with van der Waals surface area (Å²) in [5.74, 6) is 0. The highest BCUT2D eigenvalue weighted by atomic mass is 16.3. The fourth-order valence-electron chi connectivity index (χ4n) is 2.80. The second kappa shape index (κ2) is 7.58. The van der Waals surface area contributed by atoms with Gasteiger partial charge in [-0.1, -0.05) is 13.8 Å². The Morgan fingerprint density at radius 1 is 1.32 bits per heavy atom. The van der Waals surface area contributed by atoms with Crippen molar-refractivity contribution in [1.29, 1.82) is 0 Å². The molecule has 4 nitrogen and oxygen atoms in total. The van der Waals surface area contributed by atoms with Crippen LogP contribution in [0.2, 0.25) is 0 Å². The average molecular weight is 271 g/mol. The first-order chi connectivity index (χ1) is 8.85. The summed E-state index contributed by atoms with van der Waals surface area (Å²) in [6.45, 7) is 16.8. The van der Waals surface area contributed by atoms with E-state index in [1.807, 2.05) is 0 Å². The van der Waals surface area contributed by atoms with Gasteiger partial charge in [0.15, 0.2) is 0 Å². The second-order valence-corrected chi connectivity index (χ2v) is 6.71. The summed E-state index contributed by atoms with van der Waals surface area (Å²) >= 11 is 0. The fraction of sp³-hybridized carbons (Fsp3) is 1.00. The highest BCUT2D eigenvalue weighted by Crippen LogP contribution is 2.15. The van der Waals surface area contributed by atoms with Crippen LogP contribution in [0.25, 0.3) is 0 Å². The van der Waals surface area contributed by atoms with E-state index in [-0.39, 0.29) is 11.6 Å². The third-order valence-electron chi connectivity index (χ3n) is 3.91. The van der Waals surface area contributed by atoms with Gasteiger partial charge in [0, 0.05) is 31.2 Å². The molecule has 1 heterocycles. The predicted molar refractivity (Wildman–Crippen MR) is 81.5 cm³/mol. The van der Waals surface area contributed by atoms with Crippen molar-refractivity contribution in [2.75, 3.05) is 39.3 Å². The van der Waals surface area contributed by atoms with Gasteiger partial charge in [-0.2, -0.15) is 0 Å². The Balaban J connectivity index is 2.27. The van der Waals surface area contributed by atoms with Crippen LogP contribution in [0.5, 0.6) is 0 Å². The highest BCUT2D eigenvalue weighted by molar-refractivity contribution is 4.84. The molecule has 0 aromatic rings. The van der Waals surface area contributed by atoms with E-state index < -0.39 is 0 Å². The summed E-state index contributed by atoms with van der Waals surface area (Å²) in [6.07, 6.45) is 0.968. The van der Waals surface area contributed by atoms with Gasteiger partial charge < -0.3 is 10.4 Å². The minimum atomic E-state index is -0.269. The number of hydrogen-bond acceptors (Lipinski definition) is 4. The monoisotopic (exact) mass is 271 g/mol. The normalized spacial score (nSPS) is 23.2. The number of nitrogens with one attached hydrogen (secondary N) is 1. The molecule has 1 fully saturated rings. The van der Waals surface area contributed by atoms with Gasteiger partial charge in [-0.15, -0.1) is 0 Å². The Labute approximate surface area is 119 Å². The Bertz CT molecular complexity index is 248. The van der Waals surface area contributed by atoms with Crippen molar-refractivity contribution in [1.82, 2.24) is 15.1 Å². The maximum atomic E-state index is 10.1. The number of aliphatic hydroxyl groups is 1. The van der Waals surface area contributed by atoms with E-state index in [1.54, 1.807) is 0 Å². The lowest BCUT2D eigenvalue weighted by atomic mass is 10.1. The van der Waals surface area contributed by atoms with Crippen molar-refractivity contribution < 1.29 is 5.11 Å². The number of β-amino-alcohol motifs (C(OH)–C–C–N with tert-alkyl or cyclic N) is 1. The van der Waals surface area contributed by atoms with Gasteiger partial charge in [-0.05, 0) is 46.8 Å². The van der Waals surface area contributed by atoms with Crippen LogP contribution in [0.1, 0.15) is 41.0 Å². The predicted octanol–water partition coefficient (Wildman–Crippen LogP) is 1.15. The van der Waals surface area contributed by atoms with Crippen LogP contribution < -0.4 is 5.32 Å². The van der Waals surface area contributed by atoms with Crippen molar-refractivity contribution in [3.63, 3.8) is 0 Å². The largest absolute Gasteiger partial charge is 0.390 e. The average Bonchev–Trinajstić information content (AvgIpc) is 2.76. The molecule has 0 aromatic carbocycles. The molecule has 0 radical (unpaired) electrons. The molecule has 0 saturated carbocycles. The number of rotatable bonds is 7. The fourth-order valence-corrected chi connectivity index (χ4v) is 2.80. The molecule has 2 unspecified atom stereocenters. The van der Waals surface area contributed by atoms with E-state index in [9.17, 15) is 5.11 Å². The first kappa shape index (κ1) is 16.9. The summed E-state index contributed by atoms with van der Waals surface area (Å²) in [4.78, 5) is 4.93. The molecule has 0 aromatic heterocycles. The molecule has 0 bridgehead atoms. The maximum Gasteiger partial charge on any atom is 0.0791 e. The van der Waals surface area contributed by atoms with Gasteiger partial charge >= 0.3 is 0 Å². The van der Waals surface area contributed by atoms with Crippen molar-refractivity contribution in [3.05, 3.63) is 0 Å². The van der Waals surface area contributed by atoms with Gasteiger partial charge in [0.05, 0.1) is 6.10 Å². The summed E-state index contributed by atoms with van der Waals surface area (Å²) in [7, 11) is 0. The number of likely N-dealkylation sites (N-methyl/N-ethyl adjacent to an activating group) is 1. The topological polar surface area (TPSA) is 38.7 Å². The van der Waals surface area contributed by atoms with E-state index in [4.69, 9.17) is 0 Å². The zero-order valence-corrected chi connectivity index (χ0v) is 13.4. The SMILES string of the molecule is CCN(CC)C1CCN(CC(O)CNC(C)(C)C)C1. The van der Waals surface area contributed by atoms with Crippen molar-refractivity contribution in [2.45, 2.75) is 58.7 Å². The molecule has 2 N–H and O–H groups in total. The molecular weight excluding hydrogens is 238 g/mol. The lowest BCUT2D eigenvalue weighted by Gasteiger charge is -2.27. The van der Waals surface area contributed by atoms with Gasteiger partial charge in [0.2, 0.25) is 0 Å². The standard InChI is InChI=1S/C15H33N3O/c1-6-18(7-2)13-8-9-17(11-13)12-14(19)10-16-15(3,4)5/h13-14,16,19H,6-12H2,1-5H3. The van der Waals surface area contributed by atoms with E-state index in [1.165, 1.54) is 6.42 Å². The summed E-state index contributed by atoms with van der Waals surface area (Å²) in [5.41, 5.74) is 0.0791. The molecule has 1 aliphatic rings. The maximum absolute atomic E-state index is 10.1. The quantitative estimate of drug-likeness (QED) is 0.729. The van der Waals surface area contributed by atoms with Crippen molar-refractivity contribution >= 4 is 0 Å². The molecule has 0 amide bonds. The zero-order chi connectivity index (χ0) is 14.5. The molecular formula is C15H33N3O. The van der Waals surface area contributed by atoms with Crippen LogP contribution in [0.4, 0.5) is 0 Å². The van der Waals surface area contributed by atoms with E-state index in [0.717, 1.165) is 32.7 Å². The van der Waals surface area contributed by atoms with Crippen LogP contribution in [-0.2, 0) is 0 Å². The van der Waals surface area contributed by atoms with Crippen molar-refractivity contribution in [2.24, 2.45) is 0 Å². The van der Waals surface area contributed by atoms with Gasteiger partial charge in [-0.25, -0.2) is 0 Å². The second-order valence-electron chi connectivity index (χ2n) is 6.71. The van der Waals surface area contributed by atoms with E-state index >= 15 is 0 Å². The third-order valence-corrected chi connectivity index (χ3v) is 3.91. The van der Waals surface area contributed by atoms with Crippen LogP contribution in [0.3, 0.4) is 0 Å². The number of nitrogens with zero attached hydrogens (tertiary/aromatic N) is 2. The van der Waals surface area contributed by atoms with Crippen LogP contribution in [0.15, 0.2) is 0 Å². The van der Waals surface area contributed by atoms with Crippen LogP contribution >= 0.6 is 0 Å². The molecule has 19 heavy (non-hydrogen) atoms. The number of hydrogen-bond donors (Lipinski definition) is 2. The molecule has 1 rings (SSSR count). The summed E-state index contributed by atoms with van der Waals surface area (Å²) in [6, 6.07) is 0.678. The summed E-state index contributed by atoms with van der Waals surface area (Å²) < 4.78 is 0.